The third-order valence-corrected chi connectivity index (χ3v) is 2.87. The Labute approximate surface area is 101 Å². The van der Waals surface area contributed by atoms with E-state index in [9.17, 15) is 0 Å². The molecule has 0 radical (unpaired) electrons. The Kier molecular flexibility index (Phi) is 3.44. The first kappa shape index (κ1) is 11.0. The van der Waals surface area contributed by atoms with Crippen molar-refractivity contribution in [1.29, 1.82) is 0 Å². The fourth-order valence-corrected chi connectivity index (χ4v) is 2.01. The highest BCUT2D eigenvalue weighted by Crippen LogP contribution is 2.26. The van der Waals surface area contributed by atoms with Crippen molar-refractivity contribution in [1.82, 2.24) is 0 Å². The molecule has 0 fully saturated rings. The summed E-state index contributed by atoms with van der Waals surface area (Å²) in [7, 11) is 0. The molecule has 0 saturated heterocycles. The van der Waals surface area contributed by atoms with Gasteiger partial charge in [-0.2, -0.15) is 0 Å². The minimum Gasteiger partial charge on any atom is -0.326 e. The summed E-state index contributed by atoms with van der Waals surface area (Å²) in [6, 6.07) is 16.3. The van der Waals surface area contributed by atoms with Gasteiger partial charge in [0.2, 0.25) is 0 Å². The van der Waals surface area contributed by atoms with Gasteiger partial charge in [-0.15, -0.1) is 0 Å². The van der Waals surface area contributed by atoms with E-state index in [1.165, 1.54) is 5.56 Å². The maximum absolute atomic E-state index is 5.74. The molecule has 2 heteroatoms. The van der Waals surface area contributed by atoms with Gasteiger partial charge in [-0.1, -0.05) is 60.7 Å². The molecule has 0 unspecified atom stereocenters. The van der Waals surface area contributed by atoms with E-state index >= 15 is 0 Å². The first-order valence-electron chi connectivity index (χ1n) is 5.19. The van der Waals surface area contributed by atoms with Crippen LogP contribution in [0.15, 0.2) is 48.5 Å². The molecular formula is C14H13NS. The van der Waals surface area contributed by atoms with Crippen LogP contribution in [0.5, 0.6) is 0 Å². The van der Waals surface area contributed by atoms with E-state index in [2.05, 4.69) is 18.2 Å². The molecule has 0 aliphatic carbocycles. The highest BCUT2D eigenvalue weighted by Gasteiger charge is 2.05. The zero-order valence-electron chi connectivity index (χ0n) is 8.89. The third kappa shape index (κ3) is 2.03. The van der Waals surface area contributed by atoms with Gasteiger partial charge >= 0.3 is 0 Å². The van der Waals surface area contributed by atoms with Crippen molar-refractivity contribution in [3.63, 3.8) is 0 Å². The van der Waals surface area contributed by atoms with Crippen molar-refractivity contribution >= 4 is 17.6 Å². The molecule has 2 N–H and O–H groups in total. The van der Waals surface area contributed by atoms with Crippen molar-refractivity contribution in [3.05, 3.63) is 59.7 Å². The zero-order valence-corrected chi connectivity index (χ0v) is 9.71. The van der Waals surface area contributed by atoms with Crippen LogP contribution >= 0.6 is 12.2 Å². The molecule has 2 aromatic carbocycles. The van der Waals surface area contributed by atoms with Crippen LogP contribution in [0.25, 0.3) is 11.1 Å². The average molecular weight is 227 g/mol. The maximum Gasteiger partial charge on any atom is 0.0184 e. The largest absolute Gasteiger partial charge is 0.326 e. The molecule has 0 aromatic heterocycles. The molecule has 1 nitrogen and oxygen atoms in total. The van der Waals surface area contributed by atoms with Gasteiger partial charge in [-0.05, 0) is 22.3 Å². The van der Waals surface area contributed by atoms with Crippen LogP contribution in [0.1, 0.15) is 11.1 Å². The van der Waals surface area contributed by atoms with E-state index in [1.807, 2.05) is 30.3 Å². The maximum atomic E-state index is 5.74. The second kappa shape index (κ2) is 5.01. The number of hydrogen-bond acceptors (Lipinski definition) is 2. The molecule has 80 valence electrons. The van der Waals surface area contributed by atoms with Gasteiger partial charge in [-0.25, -0.2) is 0 Å². The average Bonchev–Trinajstić information content (AvgIpc) is 2.38. The summed E-state index contributed by atoms with van der Waals surface area (Å²) in [5.41, 5.74) is 10.3. The lowest BCUT2D eigenvalue weighted by molar-refractivity contribution is 1.07. The molecule has 2 aromatic rings. The quantitative estimate of drug-likeness (QED) is 0.815. The molecule has 0 amide bonds. The smallest absolute Gasteiger partial charge is 0.0184 e. The van der Waals surface area contributed by atoms with Crippen LogP contribution in [0.4, 0.5) is 0 Å². The molecule has 16 heavy (non-hydrogen) atoms. The summed E-state index contributed by atoms with van der Waals surface area (Å²) in [6.07, 6.45) is 0. The molecule has 0 saturated carbocycles. The summed E-state index contributed by atoms with van der Waals surface area (Å²) in [4.78, 5) is 0. The molecule has 0 heterocycles. The number of nitrogens with two attached hydrogens (primary N) is 1. The predicted molar refractivity (Wildman–Crippen MR) is 72.5 cm³/mol. The first-order chi connectivity index (χ1) is 7.86. The van der Waals surface area contributed by atoms with Gasteiger partial charge < -0.3 is 5.73 Å². The van der Waals surface area contributed by atoms with E-state index in [0.29, 0.717) is 6.54 Å². The van der Waals surface area contributed by atoms with E-state index in [1.54, 1.807) is 5.37 Å². The standard InChI is InChI=1S/C14H13NS/c15-9-11-5-1-3-7-13(11)14-8-4-2-6-12(14)10-16/h1-8,10H,9,15H2. The summed E-state index contributed by atoms with van der Waals surface area (Å²) in [5.74, 6) is 0. The van der Waals surface area contributed by atoms with Crippen molar-refractivity contribution in [2.75, 3.05) is 0 Å². The number of benzene rings is 2. The summed E-state index contributed by atoms with van der Waals surface area (Å²) >= 11 is 5.03. The van der Waals surface area contributed by atoms with Crippen LogP contribution in [0.3, 0.4) is 0 Å². The summed E-state index contributed by atoms with van der Waals surface area (Å²) in [5, 5.41) is 1.71. The lowest BCUT2D eigenvalue weighted by Gasteiger charge is -2.10. The third-order valence-electron chi connectivity index (χ3n) is 2.62. The van der Waals surface area contributed by atoms with Crippen LogP contribution < -0.4 is 5.73 Å². The fourth-order valence-electron chi connectivity index (χ4n) is 1.81. The highest BCUT2D eigenvalue weighted by molar-refractivity contribution is 7.79. The summed E-state index contributed by atoms with van der Waals surface area (Å²) in [6.45, 7) is 0.544. The number of thiocarbonyl (C=S) groups is 1. The monoisotopic (exact) mass is 227 g/mol. The molecule has 0 aliphatic rings. The Morgan fingerprint density at radius 2 is 1.56 bits per heavy atom. The van der Waals surface area contributed by atoms with E-state index in [4.69, 9.17) is 18.0 Å². The Hall–Kier alpha value is -1.51. The minimum absolute atomic E-state index is 0.544. The number of rotatable bonds is 3. The lowest BCUT2D eigenvalue weighted by atomic mass is 9.96. The second-order valence-corrected chi connectivity index (χ2v) is 3.80. The number of hydrogen-bond donors (Lipinski definition) is 1. The van der Waals surface area contributed by atoms with Crippen molar-refractivity contribution in [2.24, 2.45) is 5.73 Å². The van der Waals surface area contributed by atoms with Crippen LogP contribution in [-0.2, 0) is 6.54 Å². The first-order valence-corrected chi connectivity index (χ1v) is 5.66. The van der Waals surface area contributed by atoms with Crippen LogP contribution in [0, 0.1) is 0 Å². The van der Waals surface area contributed by atoms with E-state index < -0.39 is 0 Å². The second-order valence-electron chi connectivity index (χ2n) is 3.57. The molecule has 0 aliphatic heterocycles. The molecule has 2 rings (SSSR count). The topological polar surface area (TPSA) is 26.0 Å². The van der Waals surface area contributed by atoms with Crippen molar-refractivity contribution in [3.8, 4) is 11.1 Å². The van der Waals surface area contributed by atoms with Gasteiger partial charge in [0.1, 0.15) is 0 Å². The highest BCUT2D eigenvalue weighted by atomic mass is 32.1. The molecular weight excluding hydrogens is 214 g/mol. The summed E-state index contributed by atoms with van der Waals surface area (Å²) < 4.78 is 0. The minimum atomic E-state index is 0.544. The van der Waals surface area contributed by atoms with E-state index in [0.717, 1.165) is 16.7 Å². The van der Waals surface area contributed by atoms with Crippen LogP contribution in [-0.4, -0.2) is 5.37 Å². The normalized spacial score (nSPS) is 10.1. The van der Waals surface area contributed by atoms with Gasteiger partial charge in [0.25, 0.3) is 0 Å². The Morgan fingerprint density at radius 3 is 2.25 bits per heavy atom. The predicted octanol–water partition coefficient (Wildman–Crippen LogP) is 3.16. The lowest BCUT2D eigenvalue weighted by Crippen LogP contribution is -1.99. The Balaban J connectivity index is 2.62. The Bertz CT molecular complexity index is 506. The fraction of sp³-hybridized carbons (Fsp3) is 0.0714. The van der Waals surface area contributed by atoms with Crippen molar-refractivity contribution in [2.45, 2.75) is 6.54 Å². The molecule has 0 spiro atoms. The SMILES string of the molecule is NCc1ccccc1-c1ccccc1C=S. The van der Waals surface area contributed by atoms with Crippen molar-refractivity contribution < 1.29 is 0 Å². The molecule has 0 atom stereocenters. The molecule has 0 bridgehead atoms. The van der Waals surface area contributed by atoms with E-state index in [-0.39, 0.29) is 0 Å². The van der Waals surface area contributed by atoms with Gasteiger partial charge in [0, 0.05) is 11.9 Å². The van der Waals surface area contributed by atoms with Gasteiger partial charge in [0.05, 0.1) is 0 Å². The van der Waals surface area contributed by atoms with Crippen LogP contribution in [0.2, 0.25) is 0 Å². The van der Waals surface area contributed by atoms with Gasteiger partial charge in [0.15, 0.2) is 0 Å². The van der Waals surface area contributed by atoms with Gasteiger partial charge in [-0.3, -0.25) is 0 Å². The zero-order chi connectivity index (χ0) is 11.4. The Morgan fingerprint density at radius 1 is 0.938 bits per heavy atom.